The predicted molar refractivity (Wildman–Crippen MR) is 73.6 cm³/mol. The first-order valence-electron chi connectivity index (χ1n) is 6.38. The molecule has 0 aliphatic heterocycles. The van der Waals surface area contributed by atoms with Crippen LogP contribution in [0.25, 0.3) is 0 Å². The van der Waals surface area contributed by atoms with Crippen LogP contribution >= 0.6 is 0 Å². The van der Waals surface area contributed by atoms with Crippen molar-refractivity contribution >= 4 is 10.0 Å². The van der Waals surface area contributed by atoms with Gasteiger partial charge in [-0.2, -0.15) is 0 Å². The molecule has 19 heavy (non-hydrogen) atoms. The molecule has 3 N–H and O–H groups in total. The van der Waals surface area contributed by atoms with Crippen molar-refractivity contribution in [3.63, 3.8) is 0 Å². The van der Waals surface area contributed by atoms with E-state index in [9.17, 15) is 13.2 Å². The van der Waals surface area contributed by atoms with Gasteiger partial charge in [-0.25, -0.2) is 13.1 Å². The predicted octanol–water partition coefficient (Wildman–Crippen LogP) is -0.109. The number of hydrogen-bond acceptors (Lipinski definition) is 4. The Morgan fingerprint density at radius 2 is 2.21 bits per heavy atom. The van der Waals surface area contributed by atoms with Crippen LogP contribution in [0.1, 0.15) is 30.1 Å². The molecule has 1 heterocycles. The van der Waals surface area contributed by atoms with Crippen molar-refractivity contribution in [3.8, 4) is 0 Å². The summed E-state index contributed by atoms with van der Waals surface area (Å²) in [4.78, 5) is 14.1. The van der Waals surface area contributed by atoms with E-state index in [1.165, 1.54) is 13.1 Å². The summed E-state index contributed by atoms with van der Waals surface area (Å²) in [5.41, 5.74) is 1.96. The van der Waals surface area contributed by atoms with Crippen molar-refractivity contribution in [2.45, 2.75) is 25.3 Å². The highest BCUT2D eigenvalue weighted by Crippen LogP contribution is 2.27. The van der Waals surface area contributed by atoms with Crippen LogP contribution in [-0.2, 0) is 16.4 Å². The molecule has 2 rings (SSSR count). The Hall–Kier alpha value is -1.18. The summed E-state index contributed by atoms with van der Waals surface area (Å²) in [5.74, 6) is 0.0543. The third kappa shape index (κ3) is 3.65. The highest BCUT2D eigenvalue weighted by Gasteiger charge is 2.20. The average molecular weight is 285 g/mol. The maximum atomic E-state index is 11.3. The van der Waals surface area contributed by atoms with Crippen molar-refractivity contribution in [1.29, 1.82) is 0 Å². The maximum absolute atomic E-state index is 11.3. The molecule has 0 spiro atoms. The number of nitrogens with one attached hydrogen (secondary N) is 3. The Labute approximate surface area is 112 Å². The van der Waals surface area contributed by atoms with E-state index in [0.717, 1.165) is 30.5 Å². The van der Waals surface area contributed by atoms with E-state index in [1.807, 2.05) is 6.07 Å². The van der Waals surface area contributed by atoms with Crippen LogP contribution in [0.3, 0.4) is 0 Å². The van der Waals surface area contributed by atoms with Crippen LogP contribution in [0.4, 0.5) is 0 Å². The molecule has 1 aromatic rings. The van der Waals surface area contributed by atoms with Crippen molar-refractivity contribution in [2.75, 3.05) is 19.3 Å². The Kier molecular flexibility index (Phi) is 4.38. The van der Waals surface area contributed by atoms with Gasteiger partial charge in [-0.1, -0.05) is 6.07 Å². The summed E-state index contributed by atoms with van der Waals surface area (Å²) in [6, 6.07) is 3.47. The molecule has 0 bridgehead atoms. The second-order valence-corrected chi connectivity index (χ2v) is 6.72. The average Bonchev–Trinajstić information content (AvgIpc) is 2.38. The highest BCUT2D eigenvalue weighted by molar-refractivity contribution is 7.89. The highest BCUT2D eigenvalue weighted by atomic mass is 32.2. The van der Waals surface area contributed by atoms with Crippen LogP contribution in [0, 0.1) is 0 Å². The Bertz CT molecular complexity index is 594. The maximum Gasteiger partial charge on any atom is 0.248 e. The summed E-state index contributed by atoms with van der Waals surface area (Å²) >= 11 is 0. The topological polar surface area (TPSA) is 91.1 Å². The van der Waals surface area contributed by atoms with Gasteiger partial charge in [-0.3, -0.25) is 4.79 Å². The minimum atomic E-state index is -3.17. The zero-order valence-corrected chi connectivity index (χ0v) is 11.7. The summed E-state index contributed by atoms with van der Waals surface area (Å²) in [6.07, 6.45) is 2.82. The quantitative estimate of drug-likeness (QED) is 0.704. The minimum Gasteiger partial charge on any atom is -0.326 e. The van der Waals surface area contributed by atoms with Gasteiger partial charge in [0.2, 0.25) is 15.6 Å². The Morgan fingerprint density at radius 3 is 2.95 bits per heavy atom. The van der Waals surface area contributed by atoms with E-state index in [2.05, 4.69) is 15.0 Å². The molecule has 7 heteroatoms. The van der Waals surface area contributed by atoms with Gasteiger partial charge in [0.1, 0.15) is 0 Å². The lowest BCUT2D eigenvalue weighted by atomic mass is 9.91. The molecule has 6 nitrogen and oxygen atoms in total. The van der Waals surface area contributed by atoms with E-state index in [0.29, 0.717) is 6.54 Å². The number of aromatic nitrogens is 1. The van der Waals surface area contributed by atoms with Gasteiger partial charge in [-0.05, 0) is 31.9 Å². The lowest BCUT2D eigenvalue weighted by Gasteiger charge is -2.25. The Balaban J connectivity index is 2.02. The first-order valence-corrected chi connectivity index (χ1v) is 8.04. The van der Waals surface area contributed by atoms with E-state index in [4.69, 9.17) is 0 Å². The van der Waals surface area contributed by atoms with Crippen LogP contribution < -0.4 is 15.6 Å². The largest absolute Gasteiger partial charge is 0.326 e. The number of fused-ring (bicyclic) bond motifs is 1. The molecule has 1 aromatic heterocycles. The lowest BCUT2D eigenvalue weighted by Crippen LogP contribution is -2.33. The zero-order valence-electron chi connectivity index (χ0n) is 10.9. The second-order valence-electron chi connectivity index (χ2n) is 4.68. The number of sulfonamides is 1. The van der Waals surface area contributed by atoms with Gasteiger partial charge in [-0.15, -0.1) is 0 Å². The number of aromatic amines is 1. The summed E-state index contributed by atoms with van der Waals surface area (Å²) in [7, 11) is -1.76. The summed E-state index contributed by atoms with van der Waals surface area (Å²) < 4.78 is 25.0. The third-order valence-electron chi connectivity index (χ3n) is 3.40. The first kappa shape index (κ1) is 14.2. The van der Waals surface area contributed by atoms with Crippen LogP contribution in [-0.4, -0.2) is 32.7 Å². The van der Waals surface area contributed by atoms with Crippen molar-refractivity contribution in [1.82, 2.24) is 15.0 Å². The van der Waals surface area contributed by atoms with Gasteiger partial charge in [0, 0.05) is 24.3 Å². The summed E-state index contributed by atoms with van der Waals surface area (Å²) in [6.45, 7) is 0.395. The lowest BCUT2D eigenvalue weighted by molar-refractivity contribution is 0.464. The molecule has 0 radical (unpaired) electrons. The van der Waals surface area contributed by atoms with Crippen LogP contribution in [0.5, 0.6) is 0 Å². The molecule has 0 saturated carbocycles. The molecular weight excluding hydrogens is 266 g/mol. The monoisotopic (exact) mass is 285 g/mol. The molecule has 0 aromatic carbocycles. The van der Waals surface area contributed by atoms with Crippen molar-refractivity contribution in [3.05, 3.63) is 33.7 Å². The number of aryl methyl sites for hydroxylation is 1. The number of H-pyrrole nitrogens is 1. The molecule has 0 fully saturated rings. The second kappa shape index (κ2) is 5.85. The molecule has 106 valence electrons. The number of rotatable bonds is 5. The first-order chi connectivity index (χ1) is 9.02. The van der Waals surface area contributed by atoms with E-state index >= 15 is 0 Å². The van der Waals surface area contributed by atoms with E-state index < -0.39 is 10.0 Å². The molecule has 1 aliphatic carbocycles. The van der Waals surface area contributed by atoms with Crippen molar-refractivity contribution < 1.29 is 8.42 Å². The van der Waals surface area contributed by atoms with Gasteiger partial charge < -0.3 is 10.3 Å². The molecule has 1 unspecified atom stereocenters. The van der Waals surface area contributed by atoms with Gasteiger partial charge in [0.15, 0.2) is 0 Å². The standard InChI is InChI=1S/C12H19N3O3S/c1-13-19(17,18)8-7-14-10-3-2-4-11-9(10)5-6-12(16)15-11/h5-6,10,13-14H,2-4,7-8H2,1H3,(H,15,16). The summed E-state index contributed by atoms with van der Waals surface area (Å²) in [5, 5.41) is 3.25. The Morgan fingerprint density at radius 1 is 1.42 bits per heavy atom. The van der Waals surface area contributed by atoms with Gasteiger partial charge >= 0.3 is 0 Å². The fourth-order valence-electron chi connectivity index (χ4n) is 2.38. The smallest absolute Gasteiger partial charge is 0.248 e. The minimum absolute atomic E-state index is 0.0543. The molecule has 0 amide bonds. The van der Waals surface area contributed by atoms with Gasteiger partial charge in [0.05, 0.1) is 5.75 Å². The van der Waals surface area contributed by atoms with Crippen molar-refractivity contribution in [2.24, 2.45) is 0 Å². The van der Waals surface area contributed by atoms with Gasteiger partial charge in [0.25, 0.3) is 0 Å². The fraction of sp³-hybridized carbons (Fsp3) is 0.583. The van der Waals surface area contributed by atoms with Crippen LogP contribution in [0.15, 0.2) is 16.9 Å². The molecule has 1 aliphatic rings. The van der Waals surface area contributed by atoms with Crippen LogP contribution in [0.2, 0.25) is 0 Å². The van der Waals surface area contributed by atoms with E-state index in [-0.39, 0.29) is 17.4 Å². The third-order valence-corrected chi connectivity index (χ3v) is 4.77. The van der Waals surface area contributed by atoms with E-state index in [1.54, 1.807) is 0 Å². The molecule has 0 saturated heterocycles. The molecule has 1 atom stereocenters. The SMILES string of the molecule is CNS(=O)(=O)CCNC1CCCc2[nH]c(=O)ccc21. The fourth-order valence-corrected chi connectivity index (χ4v) is 2.97. The molecular formula is C12H19N3O3S. The number of pyridine rings is 1. The zero-order chi connectivity index (χ0) is 13.9. The number of hydrogen-bond donors (Lipinski definition) is 3. The normalized spacial score (nSPS) is 19.1.